The van der Waals surface area contributed by atoms with Crippen LogP contribution in [0, 0.1) is 13.8 Å². The van der Waals surface area contributed by atoms with Crippen LogP contribution in [0.5, 0.6) is 0 Å². The first kappa shape index (κ1) is 17.0. The highest BCUT2D eigenvalue weighted by molar-refractivity contribution is 6.31. The number of carbonyl (C=O) groups excluding carboxylic acids is 2. The molecule has 23 heavy (non-hydrogen) atoms. The number of rotatable bonds is 4. The molecule has 4 nitrogen and oxygen atoms in total. The first-order chi connectivity index (χ1) is 10.9. The van der Waals surface area contributed by atoms with Crippen molar-refractivity contribution in [2.75, 3.05) is 16.8 Å². The number of amides is 2. The van der Waals surface area contributed by atoms with Crippen LogP contribution >= 0.6 is 11.6 Å². The van der Waals surface area contributed by atoms with E-state index in [-0.39, 0.29) is 18.4 Å². The lowest BCUT2D eigenvalue weighted by molar-refractivity contribution is -0.120. The van der Waals surface area contributed by atoms with E-state index in [0.717, 1.165) is 11.1 Å². The molecule has 0 aliphatic rings. The summed E-state index contributed by atoms with van der Waals surface area (Å²) < 4.78 is 0. The summed E-state index contributed by atoms with van der Waals surface area (Å²) in [4.78, 5) is 25.6. The van der Waals surface area contributed by atoms with Gasteiger partial charge >= 0.3 is 0 Å². The molecule has 0 heterocycles. The summed E-state index contributed by atoms with van der Waals surface area (Å²) in [5, 5.41) is 3.35. The van der Waals surface area contributed by atoms with Gasteiger partial charge in [-0.1, -0.05) is 35.4 Å². The Kier molecular flexibility index (Phi) is 5.40. The highest BCUT2D eigenvalue weighted by Crippen LogP contribution is 2.21. The molecule has 5 heteroatoms. The molecule has 0 radical (unpaired) electrons. The summed E-state index contributed by atoms with van der Waals surface area (Å²) in [5.41, 5.74) is 3.35. The molecule has 0 saturated carbocycles. The van der Waals surface area contributed by atoms with Crippen molar-refractivity contribution in [3.63, 3.8) is 0 Å². The predicted molar refractivity (Wildman–Crippen MR) is 94.0 cm³/mol. The van der Waals surface area contributed by atoms with Crippen LogP contribution < -0.4 is 10.2 Å². The molecule has 0 aliphatic heterocycles. The minimum atomic E-state index is -0.272. The number of carbonyl (C=O) groups is 2. The summed E-state index contributed by atoms with van der Waals surface area (Å²) in [7, 11) is 0. The fourth-order valence-electron chi connectivity index (χ4n) is 2.17. The second kappa shape index (κ2) is 7.29. The van der Waals surface area contributed by atoms with Crippen LogP contribution in [-0.4, -0.2) is 18.4 Å². The number of nitrogens with zero attached hydrogens (tertiary/aromatic N) is 1. The maximum Gasteiger partial charge on any atom is 0.244 e. The molecule has 0 atom stereocenters. The Balaban J connectivity index is 2.14. The van der Waals surface area contributed by atoms with E-state index < -0.39 is 0 Å². The Morgan fingerprint density at radius 3 is 2.35 bits per heavy atom. The molecule has 0 saturated heterocycles. The number of hydrogen-bond donors (Lipinski definition) is 1. The van der Waals surface area contributed by atoms with Gasteiger partial charge in [0.2, 0.25) is 11.8 Å². The normalized spacial score (nSPS) is 10.3. The summed E-state index contributed by atoms with van der Waals surface area (Å²) in [5.74, 6) is -0.460. The summed E-state index contributed by atoms with van der Waals surface area (Å²) >= 11 is 5.95. The van der Waals surface area contributed by atoms with Gasteiger partial charge in [0, 0.05) is 23.3 Å². The summed E-state index contributed by atoms with van der Waals surface area (Å²) in [6, 6.07) is 12.8. The zero-order chi connectivity index (χ0) is 17.0. The molecule has 2 aromatic rings. The van der Waals surface area contributed by atoms with Crippen LogP contribution in [-0.2, 0) is 9.59 Å². The first-order valence-electron chi connectivity index (χ1n) is 7.27. The average molecular weight is 331 g/mol. The lowest BCUT2D eigenvalue weighted by atomic mass is 10.2. The SMILES string of the molecule is CC(=O)N(CC(=O)Nc1cc(Cl)ccc1C)c1ccc(C)cc1. The molecule has 0 fully saturated rings. The van der Waals surface area contributed by atoms with E-state index in [1.807, 2.05) is 44.2 Å². The largest absolute Gasteiger partial charge is 0.324 e. The number of benzene rings is 2. The highest BCUT2D eigenvalue weighted by Gasteiger charge is 2.16. The van der Waals surface area contributed by atoms with Gasteiger partial charge in [-0.15, -0.1) is 0 Å². The number of halogens is 1. The molecule has 0 bridgehead atoms. The number of aryl methyl sites for hydroxylation is 2. The van der Waals surface area contributed by atoms with Crippen molar-refractivity contribution in [1.82, 2.24) is 0 Å². The van der Waals surface area contributed by atoms with Crippen molar-refractivity contribution in [1.29, 1.82) is 0 Å². The molecule has 2 rings (SSSR count). The Labute approximate surface area is 141 Å². The van der Waals surface area contributed by atoms with Crippen LogP contribution in [0.3, 0.4) is 0 Å². The third kappa shape index (κ3) is 4.57. The van der Waals surface area contributed by atoms with Crippen LogP contribution in [0.4, 0.5) is 11.4 Å². The minimum Gasteiger partial charge on any atom is -0.324 e. The van der Waals surface area contributed by atoms with Crippen LogP contribution in [0.1, 0.15) is 18.1 Å². The Morgan fingerprint density at radius 2 is 1.74 bits per heavy atom. The van der Waals surface area contributed by atoms with E-state index in [0.29, 0.717) is 16.4 Å². The Bertz CT molecular complexity index is 726. The van der Waals surface area contributed by atoms with Gasteiger partial charge < -0.3 is 10.2 Å². The molecule has 0 aromatic heterocycles. The molecular formula is C18H19ClN2O2. The second-order valence-electron chi connectivity index (χ2n) is 5.45. The quantitative estimate of drug-likeness (QED) is 0.922. The van der Waals surface area contributed by atoms with Gasteiger partial charge in [-0.05, 0) is 43.7 Å². The topological polar surface area (TPSA) is 49.4 Å². The summed E-state index contributed by atoms with van der Waals surface area (Å²) in [6.07, 6.45) is 0. The molecular weight excluding hydrogens is 312 g/mol. The van der Waals surface area contributed by atoms with Crippen molar-refractivity contribution in [2.45, 2.75) is 20.8 Å². The van der Waals surface area contributed by atoms with E-state index in [1.54, 1.807) is 12.1 Å². The number of hydrogen-bond acceptors (Lipinski definition) is 2. The van der Waals surface area contributed by atoms with Crippen molar-refractivity contribution in [2.24, 2.45) is 0 Å². The van der Waals surface area contributed by atoms with E-state index in [2.05, 4.69) is 5.32 Å². The second-order valence-corrected chi connectivity index (χ2v) is 5.88. The maximum absolute atomic E-state index is 12.3. The van der Waals surface area contributed by atoms with Gasteiger partial charge in [-0.25, -0.2) is 0 Å². The monoisotopic (exact) mass is 330 g/mol. The predicted octanol–water partition coefficient (Wildman–Crippen LogP) is 3.95. The van der Waals surface area contributed by atoms with Gasteiger partial charge in [0.15, 0.2) is 0 Å². The van der Waals surface area contributed by atoms with E-state index in [9.17, 15) is 9.59 Å². The van der Waals surface area contributed by atoms with Gasteiger partial charge in [-0.3, -0.25) is 9.59 Å². The molecule has 2 aromatic carbocycles. The van der Waals surface area contributed by atoms with Crippen molar-refractivity contribution < 1.29 is 9.59 Å². The van der Waals surface area contributed by atoms with Crippen molar-refractivity contribution >= 4 is 34.8 Å². The minimum absolute atomic E-state index is 0.0512. The maximum atomic E-state index is 12.3. The molecule has 0 aliphatic carbocycles. The van der Waals surface area contributed by atoms with Crippen LogP contribution in [0.25, 0.3) is 0 Å². The standard InChI is InChI=1S/C18H19ClN2O2/c1-12-4-8-16(9-5-12)21(14(3)22)11-18(23)20-17-10-15(19)7-6-13(17)2/h4-10H,11H2,1-3H3,(H,20,23). The molecule has 1 N–H and O–H groups in total. The smallest absolute Gasteiger partial charge is 0.244 e. The highest BCUT2D eigenvalue weighted by atomic mass is 35.5. The third-order valence-electron chi connectivity index (χ3n) is 3.50. The number of anilines is 2. The van der Waals surface area contributed by atoms with Gasteiger partial charge in [0.05, 0.1) is 0 Å². The van der Waals surface area contributed by atoms with Crippen LogP contribution in [0.2, 0.25) is 5.02 Å². The van der Waals surface area contributed by atoms with E-state index in [1.165, 1.54) is 11.8 Å². The van der Waals surface area contributed by atoms with Crippen molar-refractivity contribution in [3.05, 3.63) is 58.6 Å². The lowest BCUT2D eigenvalue weighted by Gasteiger charge is -2.21. The fourth-order valence-corrected chi connectivity index (χ4v) is 2.34. The fraction of sp³-hybridized carbons (Fsp3) is 0.222. The number of nitrogens with one attached hydrogen (secondary N) is 1. The van der Waals surface area contributed by atoms with Crippen molar-refractivity contribution in [3.8, 4) is 0 Å². The zero-order valence-electron chi connectivity index (χ0n) is 13.4. The first-order valence-corrected chi connectivity index (χ1v) is 7.65. The van der Waals surface area contributed by atoms with Gasteiger partial charge in [0.1, 0.15) is 6.54 Å². The summed E-state index contributed by atoms with van der Waals surface area (Å²) in [6.45, 7) is 5.24. The van der Waals surface area contributed by atoms with Gasteiger partial charge in [0.25, 0.3) is 0 Å². The molecule has 0 unspecified atom stereocenters. The average Bonchev–Trinajstić information content (AvgIpc) is 2.49. The molecule has 2 amide bonds. The lowest BCUT2D eigenvalue weighted by Crippen LogP contribution is -2.36. The Hall–Kier alpha value is -2.33. The third-order valence-corrected chi connectivity index (χ3v) is 3.74. The van der Waals surface area contributed by atoms with E-state index >= 15 is 0 Å². The van der Waals surface area contributed by atoms with E-state index in [4.69, 9.17) is 11.6 Å². The van der Waals surface area contributed by atoms with Crippen LogP contribution in [0.15, 0.2) is 42.5 Å². The molecule has 120 valence electrons. The Morgan fingerprint density at radius 1 is 1.09 bits per heavy atom. The zero-order valence-corrected chi connectivity index (χ0v) is 14.1. The van der Waals surface area contributed by atoms with Gasteiger partial charge in [-0.2, -0.15) is 0 Å². The molecule has 0 spiro atoms.